The standard InChI is InChI=1S/C20H15ClSTe/c21-17-13-11-16(12-14-17)15-20(22-18-7-3-1-4-8-18)23-19-9-5-2-6-10-19/h1-15H/b20-15-. The minimum atomic E-state index is -0.413. The van der Waals surface area contributed by atoms with Crippen molar-refractivity contribution in [2.75, 3.05) is 0 Å². The summed E-state index contributed by atoms with van der Waals surface area (Å²) in [5, 5.41) is 0.777. The van der Waals surface area contributed by atoms with E-state index in [1.54, 1.807) is 0 Å². The van der Waals surface area contributed by atoms with Gasteiger partial charge in [0.05, 0.1) is 0 Å². The van der Waals surface area contributed by atoms with Crippen molar-refractivity contribution in [3.63, 3.8) is 0 Å². The summed E-state index contributed by atoms with van der Waals surface area (Å²) in [4.78, 5) is 1.29. The second kappa shape index (κ2) is 8.62. The average molecular weight is 450 g/mol. The Hall–Kier alpha value is -1.17. The fourth-order valence-electron chi connectivity index (χ4n) is 1.98. The molecule has 0 saturated heterocycles. The molecular weight excluding hydrogens is 435 g/mol. The van der Waals surface area contributed by atoms with Gasteiger partial charge in [0.1, 0.15) is 0 Å². The first kappa shape index (κ1) is 16.7. The van der Waals surface area contributed by atoms with Gasteiger partial charge in [-0.05, 0) is 0 Å². The summed E-state index contributed by atoms with van der Waals surface area (Å²) in [5.74, 6) is 0. The van der Waals surface area contributed by atoms with Gasteiger partial charge in [-0.3, -0.25) is 0 Å². The van der Waals surface area contributed by atoms with Crippen molar-refractivity contribution >= 4 is 54.0 Å². The number of hydrogen-bond donors (Lipinski definition) is 0. The van der Waals surface area contributed by atoms with Gasteiger partial charge in [0.15, 0.2) is 0 Å². The van der Waals surface area contributed by atoms with Crippen LogP contribution in [0, 0.1) is 0 Å². The van der Waals surface area contributed by atoms with E-state index in [4.69, 9.17) is 11.6 Å². The Morgan fingerprint density at radius 2 is 1.39 bits per heavy atom. The molecule has 0 fully saturated rings. The third-order valence-electron chi connectivity index (χ3n) is 3.08. The summed E-state index contributed by atoms with van der Waals surface area (Å²) < 4.78 is 2.89. The number of hydrogen-bond acceptors (Lipinski definition) is 1. The topological polar surface area (TPSA) is 0 Å². The van der Waals surface area contributed by atoms with Crippen LogP contribution < -0.4 is 3.61 Å². The van der Waals surface area contributed by atoms with Gasteiger partial charge in [0.25, 0.3) is 0 Å². The van der Waals surface area contributed by atoms with Gasteiger partial charge in [0, 0.05) is 0 Å². The van der Waals surface area contributed by atoms with Crippen LogP contribution >= 0.6 is 23.4 Å². The zero-order valence-electron chi connectivity index (χ0n) is 12.4. The monoisotopic (exact) mass is 452 g/mol. The molecule has 0 amide bonds. The van der Waals surface area contributed by atoms with Crippen molar-refractivity contribution in [1.29, 1.82) is 0 Å². The van der Waals surface area contributed by atoms with Crippen LogP contribution in [0.3, 0.4) is 0 Å². The first-order valence-corrected chi connectivity index (χ1v) is 10.8. The molecular formula is C20H15ClSTe. The van der Waals surface area contributed by atoms with Gasteiger partial charge in [-0.1, -0.05) is 0 Å². The average Bonchev–Trinajstić information content (AvgIpc) is 2.59. The second-order valence-corrected chi connectivity index (χ2v) is 10.4. The molecule has 3 aromatic carbocycles. The molecule has 3 heteroatoms. The van der Waals surface area contributed by atoms with Crippen LogP contribution in [0.2, 0.25) is 5.02 Å². The molecule has 0 aliphatic rings. The Bertz CT molecular complexity index is 724. The molecule has 0 N–H and O–H groups in total. The molecule has 0 atom stereocenters. The van der Waals surface area contributed by atoms with E-state index in [9.17, 15) is 0 Å². The van der Waals surface area contributed by atoms with Crippen LogP contribution in [0.15, 0.2) is 92.8 Å². The summed E-state index contributed by atoms with van der Waals surface area (Å²) in [6.45, 7) is 0. The summed E-state index contributed by atoms with van der Waals surface area (Å²) in [5.41, 5.74) is 1.20. The Morgan fingerprint density at radius 3 is 2.04 bits per heavy atom. The molecule has 0 saturated carbocycles. The van der Waals surface area contributed by atoms with Crippen LogP contribution in [0.25, 0.3) is 6.08 Å². The van der Waals surface area contributed by atoms with E-state index in [-0.39, 0.29) is 0 Å². The molecule has 0 nitrogen and oxygen atoms in total. The van der Waals surface area contributed by atoms with Crippen molar-refractivity contribution in [1.82, 2.24) is 0 Å². The van der Waals surface area contributed by atoms with Crippen LogP contribution in [-0.4, -0.2) is 20.9 Å². The van der Waals surface area contributed by atoms with Crippen LogP contribution in [-0.2, 0) is 0 Å². The fraction of sp³-hybridized carbons (Fsp3) is 0. The number of thioether (sulfide) groups is 1. The molecule has 0 aliphatic heterocycles. The molecule has 0 aromatic heterocycles. The molecule has 0 bridgehead atoms. The predicted molar refractivity (Wildman–Crippen MR) is 104 cm³/mol. The molecule has 0 aliphatic carbocycles. The van der Waals surface area contributed by atoms with E-state index in [1.165, 1.54) is 17.0 Å². The van der Waals surface area contributed by atoms with Crippen LogP contribution in [0.4, 0.5) is 0 Å². The summed E-state index contributed by atoms with van der Waals surface area (Å²) >= 11 is 7.45. The van der Waals surface area contributed by atoms with E-state index in [0.29, 0.717) is 0 Å². The SMILES string of the molecule is Clc1ccc(/C=C(/Sc2ccccc2)[Te]c2ccccc2)cc1. The first-order chi connectivity index (χ1) is 11.3. The zero-order valence-corrected chi connectivity index (χ0v) is 16.3. The van der Waals surface area contributed by atoms with Crippen molar-refractivity contribution in [3.05, 3.63) is 98.5 Å². The fourth-order valence-corrected chi connectivity index (χ4v) is 6.76. The van der Waals surface area contributed by atoms with Crippen LogP contribution in [0.5, 0.6) is 0 Å². The third-order valence-corrected chi connectivity index (χ3v) is 7.79. The van der Waals surface area contributed by atoms with Gasteiger partial charge in [-0.15, -0.1) is 0 Å². The van der Waals surface area contributed by atoms with Crippen molar-refractivity contribution in [3.8, 4) is 0 Å². The summed E-state index contributed by atoms with van der Waals surface area (Å²) in [6, 6.07) is 29.4. The van der Waals surface area contributed by atoms with Crippen LogP contribution in [0.1, 0.15) is 5.56 Å². The summed E-state index contributed by atoms with van der Waals surface area (Å²) in [6.07, 6.45) is 2.29. The van der Waals surface area contributed by atoms with E-state index in [2.05, 4.69) is 78.9 Å². The summed E-state index contributed by atoms with van der Waals surface area (Å²) in [7, 11) is 0. The third kappa shape index (κ3) is 5.44. The molecule has 23 heavy (non-hydrogen) atoms. The first-order valence-electron chi connectivity index (χ1n) is 7.23. The second-order valence-electron chi connectivity index (χ2n) is 4.85. The molecule has 0 radical (unpaired) electrons. The van der Waals surface area contributed by atoms with E-state index >= 15 is 0 Å². The minimum absolute atomic E-state index is 0.413. The van der Waals surface area contributed by atoms with Gasteiger partial charge >= 0.3 is 157 Å². The van der Waals surface area contributed by atoms with E-state index < -0.39 is 20.9 Å². The maximum atomic E-state index is 5.99. The number of benzene rings is 3. The zero-order chi connectivity index (χ0) is 15.9. The molecule has 0 unspecified atom stereocenters. The Morgan fingerprint density at radius 1 is 0.783 bits per heavy atom. The van der Waals surface area contributed by atoms with E-state index in [0.717, 1.165) is 5.02 Å². The van der Waals surface area contributed by atoms with Gasteiger partial charge < -0.3 is 0 Å². The van der Waals surface area contributed by atoms with Gasteiger partial charge in [-0.2, -0.15) is 0 Å². The Labute approximate surface area is 156 Å². The molecule has 0 heterocycles. The number of halogens is 1. The van der Waals surface area contributed by atoms with Crippen molar-refractivity contribution in [2.45, 2.75) is 4.90 Å². The quantitative estimate of drug-likeness (QED) is 0.368. The normalized spacial score (nSPS) is 11.4. The Kier molecular flexibility index (Phi) is 6.25. The van der Waals surface area contributed by atoms with Gasteiger partial charge in [-0.25, -0.2) is 0 Å². The van der Waals surface area contributed by atoms with E-state index in [1.807, 2.05) is 23.9 Å². The predicted octanol–water partition coefficient (Wildman–Crippen LogP) is 5.46. The Balaban J connectivity index is 1.87. The molecule has 0 spiro atoms. The van der Waals surface area contributed by atoms with Gasteiger partial charge in [0.2, 0.25) is 0 Å². The number of rotatable bonds is 5. The maximum absolute atomic E-state index is 5.99. The molecule has 3 rings (SSSR count). The van der Waals surface area contributed by atoms with Crippen molar-refractivity contribution < 1.29 is 0 Å². The molecule has 114 valence electrons. The molecule has 3 aromatic rings. The van der Waals surface area contributed by atoms with Crippen molar-refractivity contribution in [2.24, 2.45) is 0 Å².